The number of nitrogens with zero attached hydrogens (tertiary/aromatic N) is 3. The molecule has 2 aromatic rings. The summed E-state index contributed by atoms with van der Waals surface area (Å²) in [6.45, 7) is 8.41. The number of ketones is 1. The Labute approximate surface area is 116 Å². The van der Waals surface area contributed by atoms with E-state index < -0.39 is 0 Å². The van der Waals surface area contributed by atoms with Gasteiger partial charge in [0.05, 0.1) is 5.75 Å². The molecule has 0 saturated heterocycles. The number of hydrogen-bond donors (Lipinski definition) is 1. The van der Waals surface area contributed by atoms with E-state index in [1.54, 1.807) is 0 Å². The van der Waals surface area contributed by atoms with Gasteiger partial charge in [-0.05, 0) is 19.9 Å². The van der Waals surface area contributed by atoms with Crippen LogP contribution in [0.2, 0.25) is 0 Å². The molecule has 0 atom stereocenters. The quantitative estimate of drug-likeness (QED) is 0.500. The zero-order chi connectivity index (χ0) is 13.8. The Morgan fingerprint density at radius 1 is 1.58 bits per heavy atom. The smallest absolute Gasteiger partial charge is 0.183 e. The van der Waals surface area contributed by atoms with Crippen molar-refractivity contribution in [3.63, 3.8) is 0 Å². The Morgan fingerprint density at radius 3 is 3.00 bits per heavy atom. The summed E-state index contributed by atoms with van der Waals surface area (Å²) in [5.41, 5.74) is 2.83. The molecule has 0 aliphatic carbocycles. The molecule has 6 heteroatoms. The number of allylic oxidation sites excluding steroid dienone is 1. The van der Waals surface area contributed by atoms with Gasteiger partial charge in [-0.15, -0.1) is 6.58 Å². The van der Waals surface area contributed by atoms with Crippen molar-refractivity contribution in [3.05, 3.63) is 42.0 Å². The van der Waals surface area contributed by atoms with Crippen LogP contribution < -0.4 is 0 Å². The van der Waals surface area contributed by atoms with E-state index >= 15 is 0 Å². The zero-order valence-corrected chi connectivity index (χ0v) is 11.8. The molecule has 0 saturated carbocycles. The summed E-state index contributed by atoms with van der Waals surface area (Å²) in [5, 5.41) is 7.14. The molecule has 100 valence electrons. The third-order valence-electron chi connectivity index (χ3n) is 2.92. The lowest BCUT2D eigenvalue weighted by atomic mass is 10.2. The van der Waals surface area contributed by atoms with Crippen LogP contribution in [0.1, 0.15) is 21.7 Å². The lowest BCUT2D eigenvalue weighted by Crippen LogP contribution is -2.06. The highest BCUT2D eigenvalue weighted by Crippen LogP contribution is 2.19. The molecule has 0 aliphatic heterocycles. The maximum Gasteiger partial charge on any atom is 0.183 e. The summed E-state index contributed by atoms with van der Waals surface area (Å²) >= 11 is 1.36. The number of aromatic nitrogens is 4. The average Bonchev–Trinajstić information content (AvgIpc) is 2.99. The number of Topliss-reactive ketones (excluding diaryl/α,β-unsaturated/α-hetero) is 1. The summed E-state index contributed by atoms with van der Waals surface area (Å²) in [6, 6.07) is 1.93. The molecule has 0 fully saturated rings. The first-order chi connectivity index (χ1) is 9.13. The van der Waals surface area contributed by atoms with Crippen LogP contribution in [0.3, 0.4) is 0 Å². The van der Waals surface area contributed by atoms with Gasteiger partial charge in [-0.3, -0.25) is 9.89 Å². The van der Waals surface area contributed by atoms with Crippen LogP contribution in [-0.4, -0.2) is 31.3 Å². The van der Waals surface area contributed by atoms with Crippen molar-refractivity contribution in [2.75, 3.05) is 5.75 Å². The number of hydrogen-bond acceptors (Lipinski definition) is 4. The van der Waals surface area contributed by atoms with Crippen molar-refractivity contribution in [1.82, 2.24) is 19.7 Å². The second-order valence-corrected chi connectivity index (χ2v) is 5.15. The molecule has 2 rings (SSSR count). The summed E-state index contributed by atoms with van der Waals surface area (Å²) in [4.78, 5) is 16.2. The fraction of sp³-hybridized carbons (Fsp3) is 0.308. The van der Waals surface area contributed by atoms with Gasteiger partial charge in [-0.1, -0.05) is 17.8 Å². The number of carbonyl (C=O) groups is 1. The molecule has 1 N–H and O–H groups in total. The number of nitrogens with one attached hydrogen (secondary N) is 1. The standard InChI is InChI=1S/C13H16N4OS/c1-4-5-17-9(2)6-11(10(17)3)12(18)7-19-13-14-8-15-16-13/h4,6,8H,1,5,7H2,2-3H3,(H,14,15,16). The van der Waals surface area contributed by atoms with Gasteiger partial charge in [-0.2, -0.15) is 5.10 Å². The maximum atomic E-state index is 12.2. The van der Waals surface area contributed by atoms with Crippen LogP contribution in [0.25, 0.3) is 0 Å². The van der Waals surface area contributed by atoms with Crippen LogP contribution in [0.5, 0.6) is 0 Å². The number of H-pyrrole nitrogens is 1. The van der Waals surface area contributed by atoms with E-state index in [0.29, 0.717) is 10.9 Å². The molecule has 0 bridgehead atoms. The SMILES string of the molecule is C=CCn1c(C)cc(C(=O)CSc2ncn[nH]2)c1C. The number of thioether (sulfide) groups is 1. The molecule has 0 radical (unpaired) electrons. The molecule has 5 nitrogen and oxygen atoms in total. The summed E-state index contributed by atoms with van der Waals surface area (Å²) in [6.07, 6.45) is 3.26. The predicted molar refractivity (Wildman–Crippen MR) is 75.5 cm³/mol. The number of rotatable bonds is 6. The molecule has 19 heavy (non-hydrogen) atoms. The lowest BCUT2D eigenvalue weighted by Gasteiger charge is -2.05. The van der Waals surface area contributed by atoms with E-state index in [-0.39, 0.29) is 5.78 Å². The minimum absolute atomic E-state index is 0.102. The second kappa shape index (κ2) is 5.88. The fourth-order valence-electron chi connectivity index (χ4n) is 1.97. The van der Waals surface area contributed by atoms with Crippen molar-refractivity contribution in [3.8, 4) is 0 Å². The lowest BCUT2D eigenvalue weighted by molar-refractivity contribution is 0.102. The van der Waals surface area contributed by atoms with Crippen molar-refractivity contribution < 1.29 is 4.79 Å². The van der Waals surface area contributed by atoms with E-state index in [0.717, 1.165) is 23.5 Å². The third-order valence-corrected chi connectivity index (χ3v) is 3.80. The number of aryl methyl sites for hydroxylation is 1. The van der Waals surface area contributed by atoms with Crippen LogP contribution in [0.4, 0.5) is 0 Å². The van der Waals surface area contributed by atoms with Gasteiger partial charge in [0.1, 0.15) is 6.33 Å². The molecule has 0 amide bonds. The van der Waals surface area contributed by atoms with E-state index in [4.69, 9.17) is 0 Å². The highest BCUT2D eigenvalue weighted by molar-refractivity contribution is 7.99. The van der Waals surface area contributed by atoms with Crippen LogP contribution in [0.15, 0.2) is 30.2 Å². The third kappa shape index (κ3) is 2.96. The van der Waals surface area contributed by atoms with E-state index in [9.17, 15) is 4.79 Å². The van der Waals surface area contributed by atoms with Crippen molar-refractivity contribution >= 4 is 17.5 Å². The van der Waals surface area contributed by atoms with Crippen molar-refractivity contribution in [1.29, 1.82) is 0 Å². The van der Waals surface area contributed by atoms with Gasteiger partial charge in [0.25, 0.3) is 0 Å². The highest BCUT2D eigenvalue weighted by atomic mass is 32.2. The maximum absolute atomic E-state index is 12.2. The van der Waals surface area contributed by atoms with Crippen molar-refractivity contribution in [2.24, 2.45) is 0 Å². The fourth-order valence-corrected chi connectivity index (χ4v) is 2.63. The van der Waals surface area contributed by atoms with Crippen LogP contribution in [-0.2, 0) is 6.54 Å². The van der Waals surface area contributed by atoms with E-state index in [2.05, 4.69) is 26.3 Å². The first kappa shape index (κ1) is 13.6. The van der Waals surface area contributed by atoms with Gasteiger partial charge >= 0.3 is 0 Å². The van der Waals surface area contributed by atoms with Crippen molar-refractivity contribution in [2.45, 2.75) is 25.5 Å². The Balaban J connectivity index is 2.11. The van der Waals surface area contributed by atoms with Gasteiger partial charge in [0, 0.05) is 23.5 Å². The molecule has 0 aliphatic rings. The number of carbonyl (C=O) groups excluding carboxylic acids is 1. The summed E-state index contributed by atoms with van der Waals surface area (Å²) in [7, 11) is 0. The molecule has 2 aromatic heterocycles. The summed E-state index contributed by atoms with van der Waals surface area (Å²) < 4.78 is 2.08. The second-order valence-electron chi connectivity index (χ2n) is 4.19. The Kier molecular flexibility index (Phi) is 4.21. The zero-order valence-electron chi connectivity index (χ0n) is 11.0. The average molecular weight is 276 g/mol. The van der Waals surface area contributed by atoms with Gasteiger partial charge < -0.3 is 4.57 Å². The Bertz CT molecular complexity index is 586. The number of aromatic amines is 1. The van der Waals surface area contributed by atoms with Gasteiger partial charge in [-0.25, -0.2) is 4.98 Å². The van der Waals surface area contributed by atoms with Gasteiger partial charge in [0.15, 0.2) is 10.9 Å². The minimum atomic E-state index is 0.102. The Morgan fingerprint density at radius 2 is 2.37 bits per heavy atom. The Hall–Kier alpha value is -1.82. The molecular weight excluding hydrogens is 260 g/mol. The van der Waals surface area contributed by atoms with Gasteiger partial charge in [0.2, 0.25) is 0 Å². The molecule has 0 spiro atoms. The monoisotopic (exact) mass is 276 g/mol. The highest BCUT2D eigenvalue weighted by Gasteiger charge is 2.15. The molecule has 0 aromatic carbocycles. The molecule has 2 heterocycles. The van der Waals surface area contributed by atoms with Crippen LogP contribution in [0, 0.1) is 13.8 Å². The largest absolute Gasteiger partial charge is 0.345 e. The summed E-state index contributed by atoms with van der Waals surface area (Å²) in [5.74, 6) is 0.456. The van der Waals surface area contributed by atoms with E-state index in [1.165, 1.54) is 18.1 Å². The predicted octanol–water partition coefficient (Wildman–Crippen LogP) is 2.38. The van der Waals surface area contributed by atoms with Crippen LogP contribution >= 0.6 is 11.8 Å². The topological polar surface area (TPSA) is 63.6 Å². The first-order valence-corrected chi connectivity index (χ1v) is 6.91. The molecular formula is C13H16N4OS. The first-order valence-electron chi connectivity index (χ1n) is 5.92. The van der Waals surface area contributed by atoms with E-state index in [1.807, 2.05) is 26.0 Å². The molecule has 0 unspecified atom stereocenters. The normalized spacial score (nSPS) is 10.6. The minimum Gasteiger partial charge on any atom is -0.345 e.